The lowest BCUT2D eigenvalue weighted by atomic mass is 10.1. The van der Waals surface area contributed by atoms with E-state index in [1.165, 1.54) is 10.8 Å². The zero-order valence-corrected chi connectivity index (χ0v) is 14.1. The molecular weight excluding hydrogens is 321 g/mol. The summed E-state index contributed by atoms with van der Waals surface area (Å²) in [7, 11) is 0.688. The standard InChI is InChI=1S/C22H17BNO2/c25-23-26-22-14-12-20(13-15-22)24(19-8-2-1-3-9-19)21-11-10-17-6-4-5-7-18(17)16-21/h1-16,25H. The van der Waals surface area contributed by atoms with Crippen molar-refractivity contribution in [1.29, 1.82) is 0 Å². The third kappa shape index (κ3) is 3.28. The SMILES string of the molecule is O[B]Oc1ccc(N(c2ccccc2)c2ccc3ccccc3c2)cc1. The maximum absolute atomic E-state index is 8.80. The molecule has 4 aromatic rings. The van der Waals surface area contributed by atoms with Crippen LogP contribution in [-0.2, 0) is 0 Å². The van der Waals surface area contributed by atoms with Gasteiger partial charge >= 0.3 is 7.69 Å². The second-order valence-corrected chi connectivity index (χ2v) is 5.92. The van der Waals surface area contributed by atoms with Crippen molar-refractivity contribution in [3.63, 3.8) is 0 Å². The van der Waals surface area contributed by atoms with E-state index in [4.69, 9.17) is 9.68 Å². The fraction of sp³-hybridized carbons (Fsp3) is 0. The molecule has 0 fully saturated rings. The number of benzene rings is 4. The molecule has 0 unspecified atom stereocenters. The van der Waals surface area contributed by atoms with Crippen molar-refractivity contribution >= 4 is 35.5 Å². The molecular formula is C22H17BNO2. The summed E-state index contributed by atoms with van der Waals surface area (Å²) in [4.78, 5) is 2.19. The number of rotatable bonds is 5. The Hall–Kier alpha value is -3.24. The molecule has 3 nitrogen and oxygen atoms in total. The third-order valence-corrected chi connectivity index (χ3v) is 4.29. The van der Waals surface area contributed by atoms with E-state index in [0.29, 0.717) is 13.4 Å². The van der Waals surface area contributed by atoms with Crippen LogP contribution in [0.4, 0.5) is 17.1 Å². The molecule has 0 atom stereocenters. The van der Waals surface area contributed by atoms with Crippen molar-refractivity contribution < 1.29 is 9.68 Å². The van der Waals surface area contributed by atoms with Crippen LogP contribution in [-0.4, -0.2) is 12.7 Å². The smallest absolute Gasteiger partial charge is 0.537 e. The van der Waals surface area contributed by atoms with E-state index < -0.39 is 0 Å². The predicted molar refractivity (Wildman–Crippen MR) is 107 cm³/mol. The molecule has 0 aliphatic heterocycles. The molecule has 0 amide bonds. The molecule has 125 valence electrons. The average molecular weight is 338 g/mol. The van der Waals surface area contributed by atoms with E-state index in [9.17, 15) is 0 Å². The van der Waals surface area contributed by atoms with Gasteiger partial charge in [0.1, 0.15) is 5.75 Å². The summed E-state index contributed by atoms with van der Waals surface area (Å²) >= 11 is 0. The molecule has 1 N–H and O–H groups in total. The minimum absolute atomic E-state index is 0.586. The summed E-state index contributed by atoms with van der Waals surface area (Å²) in [5.74, 6) is 0.586. The van der Waals surface area contributed by atoms with Crippen LogP contribution in [0.2, 0.25) is 0 Å². The number of para-hydroxylation sites is 1. The Morgan fingerprint density at radius 2 is 1.23 bits per heavy atom. The lowest BCUT2D eigenvalue weighted by Gasteiger charge is -2.26. The zero-order chi connectivity index (χ0) is 17.8. The molecule has 0 saturated heterocycles. The van der Waals surface area contributed by atoms with Gasteiger partial charge in [-0.1, -0.05) is 48.5 Å². The van der Waals surface area contributed by atoms with Gasteiger partial charge in [0.15, 0.2) is 0 Å². The van der Waals surface area contributed by atoms with Gasteiger partial charge in [-0.25, -0.2) is 0 Å². The van der Waals surface area contributed by atoms with Crippen molar-refractivity contribution in [2.24, 2.45) is 0 Å². The van der Waals surface area contributed by atoms with E-state index in [1.54, 1.807) is 0 Å². The average Bonchev–Trinajstić information content (AvgIpc) is 2.70. The van der Waals surface area contributed by atoms with Gasteiger partial charge in [0.05, 0.1) is 0 Å². The minimum Gasteiger partial charge on any atom is -0.537 e. The quantitative estimate of drug-likeness (QED) is 0.507. The fourth-order valence-corrected chi connectivity index (χ4v) is 3.07. The van der Waals surface area contributed by atoms with E-state index >= 15 is 0 Å². The second-order valence-electron chi connectivity index (χ2n) is 5.92. The van der Waals surface area contributed by atoms with Gasteiger partial charge in [0, 0.05) is 17.1 Å². The van der Waals surface area contributed by atoms with E-state index in [-0.39, 0.29) is 0 Å². The van der Waals surface area contributed by atoms with E-state index in [1.807, 2.05) is 48.5 Å². The molecule has 0 spiro atoms. The molecule has 4 rings (SSSR count). The first-order valence-electron chi connectivity index (χ1n) is 8.42. The first-order chi connectivity index (χ1) is 12.8. The lowest BCUT2D eigenvalue weighted by Crippen LogP contribution is -2.10. The summed E-state index contributed by atoms with van der Waals surface area (Å²) in [5, 5.41) is 11.2. The van der Waals surface area contributed by atoms with Crippen LogP contribution in [0.1, 0.15) is 0 Å². The second kappa shape index (κ2) is 7.34. The minimum atomic E-state index is 0.586. The van der Waals surface area contributed by atoms with Gasteiger partial charge in [0.25, 0.3) is 0 Å². The Balaban J connectivity index is 1.82. The zero-order valence-electron chi connectivity index (χ0n) is 14.1. The molecule has 0 aliphatic rings. The summed E-state index contributed by atoms with van der Waals surface area (Å²) in [6.07, 6.45) is 0. The molecule has 0 saturated carbocycles. The van der Waals surface area contributed by atoms with Crippen LogP contribution in [0.25, 0.3) is 10.8 Å². The molecule has 0 aromatic heterocycles. The van der Waals surface area contributed by atoms with Gasteiger partial charge in [-0.15, -0.1) is 0 Å². The van der Waals surface area contributed by atoms with Crippen molar-refractivity contribution in [3.05, 3.63) is 97.1 Å². The Kier molecular flexibility index (Phi) is 4.58. The number of hydrogen-bond donors (Lipinski definition) is 1. The Morgan fingerprint density at radius 1 is 0.615 bits per heavy atom. The molecule has 4 aromatic carbocycles. The van der Waals surface area contributed by atoms with Gasteiger partial charge in [-0.2, -0.15) is 0 Å². The van der Waals surface area contributed by atoms with Crippen LogP contribution in [0.5, 0.6) is 5.75 Å². The van der Waals surface area contributed by atoms with Gasteiger partial charge in [-0.3, -0.25) is 0 Å². The van der Waals surface area contributed by atoms with Gasteiger partial charge < -0.3 is 14.6 Å². The first-order valence-corrected chi connectivity index (χ1v) is 8.42. The van der Waals surface area contributed by atoms with Gasteiger partial charge in [-0.05, 0) is 59.3 Å². The maximum Gasteiger partial charge on any atom is 0.569 e. The Labute approximate surface area is 153 Å². The summed E-state index contributed by atoms with van der Waals surface area (Å²) in [6, 6.07) is 32.6. The normalized spacial score (nSPS) is 10.5. The highest BCUT2D eigenvalue weighted by atomic mass is 16.5. The van der Waals surface area contributed by atoms with E-state index in [0.717, 1.165) is 17.1 Å². The molecule has 4 heteroatoms. The summed E-state index contributed by atoms with van der Waals surface area (Å²) in [5.41, 5.74) is 3.17. The van der Waals surface area contributed by atoms with Crippen LogP contribution in [0.3, 0.4) is 0 Å². The molecule has 26 heavy (non-hydrogen) atoms. The lowest BCUT2D eigenvalue weighted by molar-refractivity contribution is 0.454. The number of fused-ring (bicyclic) bond motifs is 1. The number of nitrogens with zero attached hydrogens (tertiary/aromatic N) is 1. The summed E-state index contributed by atoms with van der Waals surface area (Å²) < 4.78 is 5.02. The third-order valence-electron chi connectivity index (χ3n) is 4.29. The number of anilines is 3. The monoisotopic (exact) mass is 338 g/mol. The Morgan fingerprint density at radius 3 is 1.96 bits per heavy atom. The van der Waals surface area contributed by atoms with Crippen LogP contribution in [0, 0.1) is 0 Å². The molecule has 1 radical (unpaired) electrons. The van der Waals surface area contributed by atoms with Crippen molar-refractivity contribution in [2.75, 3.05) is 4.90 Å². The molecule has 0 heterocycles. The largest absolute Gasteiger partial charge is 0.569 e. The maximum atomic E-state index is 8.80. The predicted octanol–water partition coefficient (Wildman–Crippen LogP) is 5.21. The van der Waals surface area contributed by atoms with Gasteiger partial charge in [0.2, 0.25) is 0 Å². The fourth-order valence-electron chi connectivity index (χ4n) is 3.07. The highest BCUT2D eigenvalue weighted by molar-refractivity contribution is 6.17. The highest BCUT2D eigenvalue weighted by Gasteiger charge is 2.12. The van der Waals surface area contributed by atoms with Crippen LogP contribution >= 0.6 is 0 Å². The highest BCUT2D eigenvalue weighted by Crippen LogP contribution is 2.36. The van der Waals surface area contributed by atoms with Crippen molar-refractivity contribution in [2.45, 2.75) is 0 Å². The van der Waals surface area contributed by atoms with Crippen LogP contribution < -0.4 is 9.55 Å². The topological polar surface area (TPSA) is 32.7 Å². The molecule has 0 aliphatic carbocycles. The Bertz CT molecular complexity index is 1000. The number of hydrogen-bond acceptors (Lipinski definition) is 3. The van der Waals surface area contributed by atoms with E-state index in [2.05, 4.69) is 53.4 Å². The molecule has 0 bridgehead atoms. The van der Waals surface area contributed by atoms with Crippen molar-refractivity contribution in [3.8, 4) is 5.75 Å². The first kappa shape index (κ1) is 16.2. The van der Waals surface area contributed by atoms with Crippen molar-refractivity contribution in [1.82, 2.24) is 0 Å². The van der Waals surface area contributed by atoms with Crippen LogP contribution in [0.15, 0.2) is 97.1 Å². The summed E-state index contributed by atoms with van der Waals surface area (Å²) in [6.45, 7) is 0.